The van der Waals surface area contributed by atoms with E-state index in [1.807, 2.05) is 0 Å². The van der Waals surface area contributed by atoms with Crippen molar-refractivity contribution in [3.8, 4) is 11.5 Å². The van der Waals surface area contributed by atoms with Crippen molar-refractivity contribution in [2.45, 2.75) is 56.5 Å². The quantitative estimate of drug-likeness (QED) is 0.766. The summed E-state index contributed by atoms with van der Waals surface area (Å²) in [6.45, 7) is 6.85. The van der Waals surface area contributed by atoms with E-state index in [4.69, 9.17) is 9.47 Å². The molecule has 3 rings (SSSR count). The third-order valence-electron chi connectivity index (χ3n) is 6.07. The smallest absolute Gasteiger partial charge is 0.246 e. The highest BCUT2D eigenvalue weighted by Crippen LogP contribution is 2.33. The molecule has 2 saturated heterocycles. The summed E-state index contributed by atoms with van der Waals surface area (Å²) in [5, 5.41) is 0. The van der Waals surface area contributed by atoms with Gasteiger partial charge in [-0.25, -0.2) is 8.42 Å². The summed E-state index contributed by atoms with van der Waals surface area (Å²) in [6.07, 6.45) is 4.23. The molecule has 152 valence electrons. The fraction of sp³-hybridized carbons (Fsp3) is 0.700. The van der Waals surface area contributed by atoms with Crippen LogP contribution in [0.25, 0.3) is 0 Å². The van der Waals surface area contributed by atoms with E-state index in [9.17, 15) is 8.42 Å². The summed E-state index contributed by atoms with van der Waals surface area (Å²) < 4.78 is 38.5. The van der Waals surface area contributed by atoms with Gasteiger partial charge in [0.2, 0.25) is 10.0 Å². The fourth-order valence-corrected chi connectivity index (χ4v) is 6.15. The number of hydrogen-bond donors (Lipinski definition) is 0. The van der Waals surface area contributed by atoms with Crippen LogP contribution in [-0.2, 0) is 10.0 Å². The first-order valence-electron chi connectivity index (χ1n) is 9.84. The van der Waals surface area contributed by atoms with Gasteiger partial charge in [-0.05, 0) is 57.2 Å². The zero-order valence-corrected chi connectivity index (χ0v) is 17.7. The Hall–Kier alpha value is -1.31. The topological polar surface area (TPSA) is 59.1 Å². The lowest BCUT2D eigenvalue weighted by atomic mass is 9.90. The molecule has 2 heterocycles. The van der Waals surface area contributed by atoms with Crippen LogP contribution in [0.4, 0.5) is 0 Å². The third kappa shape index (κ3) is 4.25. The molecule has 2 fully saturated rings. The minimum atomic E-state index is -3.60. The molecule has 1 aromatic carbocycles. The fourth-order valence-electron chi connectivity index (χ4n) is 4.51. The second kappa shape index (κ2) is 8.37. The van der Waals surface area contributed by atoms with Crippen molar-refractivity contribution in [1.29, 1.82) is 0 Å². The van der Waals surface area contributed by atoms with Gasteiger partial charge in [0.05, 0.1) is 14.2 Å². The Bertz CT molecular complexity index is 744. The summed E-state index contributed by atoms with van der Waals surface area (Å²) in [5.41, 5.74) is 0. The first kappa shape index (κ1) is 20.4. The van der Waals surface area contributed by atoms with Crippen molar-refractivity contribution in [2.75, 3.05) is 33.9 Å². The second-order valence-corrected chi connectivity index (χ2v) is 9.77. The van der Waals surface area contributed by atoms with Gasteiger partial charge in [-0.15, -0.1) is 0 Å². The molecule has 0 N–H and O–H groups in total. The monoisotopic (exact) mass is 396 g/mol. The molecule has 0 saturated carbocycles. The summed E-state index contributed by atoms with van der Waals surface area (Å²) in [7, 11) is -0.580. The minimum absolute atomic E-state index is 0.183. The van der Waals surface area contributed by atoms with Gasteiger partial charge in [0.25, 0.3) is 0 Å². The van der Waals surface area contributed by atoms with Crippen molar-refractivity contribution in [3.05, 3.63) is 18.2 Å². The van der Waals surface area contributed by atoms with Crippen molar-refractivity contribution in [2.24, 2.45) is 5.92 Å². The van der Waals surface area contributed by atoms with Crippen LogP contribution < -0.4 is 9.47 Å². The van der Waals surface area contributed by atoms with Crippen LogP contribution in [0, 0.1) is 5.92 Å². The average molecular weight is 397 g/mol. The Balaban J connectivity index is 1.72. The number of piperidine rings is 2. The van der Waals surface area contributed by atoms with Gasteiger partial charge in [-0.2, -0.15) is 4.31 Å². The molecule has 0 aliphatic carbocycles. The van der Waals surface area contributed by atoms with Crippen molar-refractivity contribution < 1.29 is 17.9 Å². The summed E-state index contributed by atoms with van der Waals surface area (Å²) in [4.78, 5) is 2.78. The van der Waals surface area contributed by atoms with Crippen molar-refractivity contribution in [1.82, 2.24) is 9.21 Å². The predicted molar refractivity (Wildman–Crippen MR) is 106 cm³/mol. The van der Waals surface area contributed by atoms with Gasteiger partial charge in [0.1, 0.15) is 16.4 Å². The molecule has 6 nitrogen and oxygen atoms in total. The van der Waals surface area contributed by atoms with Gasteiger partial charge >= 0.3 is 0 Å². The van der Waals surface area contributed by atoms with Crippen LogP contribution >= 0.6 is 0 Å². The number of likely N-dealkylation sites (tertiary alicyclic amines) is 1. The van der Waals surface area contributed by atoms with Crippen molar-refractivity contribution >= 4 is 10.0 Å². The van der Waals surface area contributed by atoms with Gasteiger partial charge in [0, 0.05) is 31.2 Å². The van der Waals surface area contributed by atoms with E-state index in [0.29, 0.717) is 36.7 Å². The molecule has 0 aromatic heterocycles. The van der Waals surface area contributed by atoms with Crippen LogP contribution in [-0.4, -0.2) is 63.6 Å². The third-order valence-corrected chi connectivity index (χ3v) is 7.99. The SMILES string of the molecule is COc1ccc(OC)c(S(=O)(=O)N2CCC(N3CCC(C)CC3C)CC2)c1. The molecule has 0 amide bonds. The van der Waals surface area contributed by atoms with E-state index >= 15 is 0 Å². The van der Waals surface area contributed by atoms with Gasteiger partial charge < -0.3 is 9.47 Å². The molecule has 0 radical (unpaired) electrons. The Morgan fingerprint density at radius 1 is 1.00 bits per heavy atom. The number of hydrogen-bond acceptors (Lipinski definition) is 5. The average Bonchev–Trinajstić information content (AvgIpc) is 2.67. The van der Waals surface area contributed by atoms with E-state index in [1.54, 1.807) is 22.5 Å². The molecule has 0 bridgehead atoms. The molecule has 2 unspecified atom stereocenters. The van der Waals surface area contributed by atoms with Crippen LogP contribution in [0.5, 0.6) is 11.5 Å². The predicted octanol–water partition coefficient (Wildman–Crippen LogP) is 2.98. The molecule has 1 aromatic rings. The number of ether oxygens (including phenoxy) is 2. The van der Waals surface area contributed by atoms with E-state index in [2.05, 4.69) is 18.7 Å². The summed E-state index contributed by atoms with van der Waals surface area (Å²) in [6, 6.07) is 5.97. The maximum absolute atomic E-state index is 13.2. The molecular formula is C20H32N2O4S. The van der Waals surface area contributed by atoms with Crippen LogP contribution in [0.15, 0.2) is 23.1 Å². The van der Waals surface area contributed by atoms with E-state index in [0.717, 1.165) is 25.3 Å². The van der Waals surface area contributed by atoms with Crippen LogP contribution in [0.1, 0.15) is 39.5 Å². The Morgan fingerprint density at radius 3 is 2.30 bits per heavy atom. The zero-order valence-electron chi connectivity index (χ0n) is 16.8. The highest BCUT2D eigenvalue weighted by atomic mass is 32.2. The minimum Gasteiger partial charge on any atom is -0.497 e. The van der Waals surface area contributed by atoms with Crippen LogP contribution in [0.2, 0.25) is 0 Å². The van der Waals surface area contributed by atoms with E-state index < -0.39 is 10.0 Å². The van der Waals surface area contributed by atoms with Crippen molar-refractivity contribution in [3.63, 3.8) is 0 Å². The lowest BCUT2D eigenvalue weighted by Crippen LogP contribution is -2.51. The molecule has 2 aliphatic rings. The number of nitrogens with zero attached hydrogens (tertiary/aromatic N) is 2. The Kier molecular flexibility index (Phi) is 6.33. The van der Waals surface area contributed by atoms with E-state index in [-0.39, 0.29) is 4.90 Å². The first-order chi connectivity index (χ1) is 12.9. The van der Waals surface area contributed by atoms with Crippen LogP contribution in [0.3, 0.4) is 0 Å². The number of rotatable bonds is 5. The first-order valence-corrected chi connectivity index (χ1v) is 11.3. The molecule has 7 heteroatoms. The number of methoxy groups -OCH3 is 2. The maximum Gasteiger partial charge on any atom is 0.246 e. The number of sulfonamides is 1. The molecule has 2 atom stereocenters. The Labute approximate surface area is 163 Å². The highest BCUT2D eigenvalue weighted by molar-refractivity contribution is 7.89. The maximum atomic E-state index is 13.2. The molecule has 27 heavy (non-hydrogen) atoms. The molecular weight excluding hydrogens is 364 g/mol. The Morgan fingerprint density at radius 2 is 1.70 bits per heavy atom. The second-order valence-electron chi connectivity index (χ2n) is 7.87. The molecule has 2 aliphatic heterocycles. The van der Waals surface area contributed by atoms with Gasteiger partial charge in [0.15, 0.2) is 0 Å². The van der Waals surface area contributed by atoms with Gasteiger partial charge in [-0.1, -0.05) is 6.92 Å². The normalized spacial score (nSPS) is 26.1. The number of benzene rings is 1. The van der Waals surface area contributed by atoms with Gasteiger partial charge in [-0.3, -0.25) is 4.90 Å². The largest absolute Gasteiger partial charge is 0.497 e. The molecule has 0 spiro atoms. The lowest BCUT2D eigenvalue weighted by molar-refractivity contribution is 0.0561. The standard InChI is InChI=1S/C20H32N2O4S/c1-15-7-12-22(16(2)13-15)17-8-10-21(11-9-17)27(23,24)20-14-18(25-3)5-6-19(20)26-4/h5-6,14-17H,7-13H2,1-4H3. The zero-order chi connectivity index (χ0) is 19.6. The summed E-state index contributed by atoms with van der Waals surface area (Å²) in [5.74, 6) is 1.66. The lowest BCUT2D eigenvalue weighted by Gasteiger charge is -2.44. The summed E-state index contributed by atoms with van der Waals surface area (Å²) >= 11 is 0. The van der Waals surface area contributed by atoms with E-state index in [1.165, 1.54) is 27.1 Å². The highest BCUT2D eigenvalue weighted by Gasteiger charge is 2.36.